The summed E-state index contributed by atoms with van der Waals surface area (Å²) in [6.45, 7) is 12.7. The van der Waals surface area contributed by atoms with Crippen molar-refractivity contribution in [1.82, 2.24) is 5.32 Å². The highest BCUT2D eigenvalue weighted by molar-refractivity contribution is 6.31. The number of carbonyl (C=O) groups excluding carboxylic acids is 1. The van der Waals surface area contributed by atoms with Crippen LogP contribution in [0.1, 0.15) is 66.4 Å². The molecule has 0 heterocycles. The van der Waals surface area contributed by atoms with Crippen molar-refractivity contribution in [2.75, 3.05) is 0 Å². The molecule has 1 amide bonds. The summed E-state index contributed by atoms with van der Waals surface area (Å²) in [7, 11) is 0. The highest BCUT2D eigenvalue weighted by Crippen LogP contribution is 2.55. The van der Waals surface area contributed by atoms with Crippen LogP contribution in [0.2, 0.25) is 5.02 Å². The van der Waals surface area contributed by atoms with Gasteiger partial charge in [-0.15, -0.1) is 0 Å². The second kappa shape index (κ2) is 8.10. The Morgan fingerprint density at radius 3 is 2.41 bits per heavy atom. The van der Waals surface area contributed by atoms with Gasteiger partial charge in [0, 0.05) is 28.9 Å². The predicted octanol–water partition coefficient (Wildman–Crippen LogP) is 5.34. The lowest BCUT2D eigenvalue weighted by Crippen LogP contribution is -2.75. The van der Waals surface area contributed by atoms with Crippen LogP contribution in [-0.4, -0.2) is 18.1 Å². The molecule has 1 fully saturated rings. The fourth-order valence-electron chi connectivity index (χ4n) is 4.72. The summed E-state index contributed by atoms with van der Waals surface area (Å²) in [5.41, 5.74) is -0.00326. The molecule has 0 saturated heterocycles. The van der Waals surface area contributed by atoms with Gasteiger partial charge in [0.15, 0.2) is 0 Å². The molecule has 5 heteroatoms. The summed E-state index contributed by atoms with van der Waals surface area (Å²) in [6.07, 6.45) is 2.70. The molecule has 1 aliphatic carbocycles. The van der Waals surface area contributed by atoms with E-state index >= 15 is 0 Å². The van der Waals surface area contributed by atoms with Gasteiger partial charge in [0.1, 0.15) is 17.9 Å². The number of amides is 1. The lowest BCUT2D eigenvalue weighted by molar-refractivity contribution is -0.174. The zero-order chi connectivity index (χ0) is 20.4. The Labute approximate surface area is 168 Å². The molecular weight excluding hydrogens is 360 g/mol. The third-order valence-corrected chi connectivity index (χ3v) is 6.25. The highest BCUT2D eigenvalue weighted by Gasteiger charge is 2.64. The van der Waals surface area contributed by atoms with Crippen molar-refractivity contribution in [3.8, 4) is 11.8 Å². The average molecular weight is 391 g/mol. The van der Waals surface area contributed by atoms with Crippen molar-refractivity contribution in [3.63, 3.8) is 0 Å². The second-order valence-electron chi connectivity index (χ2n) is 8.73. The number of halogens is 1. The Morgan fingerprint density at radius 2 is 1.93 bits per heavy atom. The van der Waals surface area contributed by atoms with Crippen molar-refractivity contribution in [1.29, 1.82) is 5.26 Å². The second-order valence-corrected chi connectivity index (χ2v) is 9.14. The Bertz CT molecular complexity index is 720. The van der Waals surface area contributed by atoms with E-state index in [1.165, 1.54) is 0 Å². The number of nitrogens with one attached hydrogen (secondary N) is 1. The average Bonchev–Trinajstić information content (AvgIpc) is 2.61. The number of ether oxygens (including phenoxy) is 1. The third-order valence-electron chi connectivity index (χ3n) is 5.94. The molecule has 1 aromatic carbocycles. The van der Waals surface area contributed by atoms with E-state index in [0.717, 1.165) is 19.3 Å². The standard InChI is InChI=1S/C22H31ClN2O2/c1-7-9-14(8-2)18(26)25-19-21(3,4)20(22(19,5)6)27-16-11-10-15(13-24)17(23)12-16/h10-12,14,19-20H,7-9H2,1-6H3,(H,25,26). The van der Waals surface area contributed by atoms with Crippen LogP contribution in [0.4, 0.5) is 0 Å². The van der Waals surface area contributed by atoms with E-state index in [-0.39, 0.29) is 34.8 Å². The van der Waals surface area contributed by atoms with Gasteiger partial charge in [-0.2, -0.15) is 5.26 Å². The lowest BCUT2D eigenvalue weighted by atomic mass is 9.49. The maximum absolute atomic E-state index is 12.7. The van der Waals surface area contributed by atoms with Crippen LogP contribution in [0.15, 0.2) is 18.2 Å². The molecule has 0 spiro atoms. The van der Waals surface area contributed by atoms with E-state index in [1.54, 1.807) is 18.2 Å². The molecule has 1 atom stereocenters. The minimum Gasteiger partial charge on any atom is -0.489 e. The molecule has 0 radical (unpaired) electrons. The van der Waals surface area contributed by atoms with E-state index in [1.807, 2.05) is 0 Å². The first-order chi connectivity index (χ1) is 12.6. The number of benzene rings is 1. The Balaban J connectivity index is 2.14. The minimum atomic E-state index is -0.218. The van der Waals surface area contributed by atoms with E-state index in [4.69, 9.17) is 21.6 Å². The van der Waals surface area contributed by atoms with Gasteiger partial charge in [0.2, 0.25) is 5.91 Å². The van der Waals surface area contributed by atoms with Gasteiger partial charge in [-0.1, -0.05) is 59.6 Å². The van der Waals surface area contributed by atoms with Crippen LogP contribution in [0, 0.1) is 28.1 Å². The quantitative estimate of drug-likeness (QED) is 0.683. The SMILES string of the molecule is CCCC(CC)C(=O)NC1C(C)(C)C(Oc2ccc(C#N)c(Cl)c2)C1(C)C. The van der Waals surface area contributed by atoms with Gasteiger partial charge in [-0.3, -0.25) is 4.79 Å². The Kier molecular flexibility index (Phi) is 6.47. The molecule has 0 bridgehead atoms. The van der Waals surface area contributed by atoms with Crippen LogP contribution in [0.3, 0.4) is 0 Å². The van der Waals surface area contributed by atoms with Crippen molar-refractivity contribution in [2.45, 2.75) is 73.0 Å². The van der Waals surface area contributed by atoms with Gasteiger partial charge in [0.05, 0.1) is 10.6 Å². The summed E-state index contributed by atoms with van der Waals surface area (Å²) in [5.74, 6) is 0.858. The summed E-state index contributed by atoms with van der Waals surface area (Å²) in [4.78, 5) is 12.7. The first-order valence-electron chi connectivity index (χ1n) is 9.76. The van der Waals surface area contributed by atoms with Crippen molar-refractivity contribution < 1.29 is 9.53 Å². The molecule has 1 aromatic rings. The maximum atomic E-state index is 12.7. The summed E-state index contributed by atoms with van der Waals surface area (Å²) in [5, 5.41) is 12.7. The zero-order valence-electron chi connectivity index (χ0n) is 17.2. The third kappa shape index (κ3) is 4.09. The molecule has 1 N–H and O–H groups in total. The molecule has 1 unspecified atom stereocenters. The number of carbonyl (C=O) groups is 1. The Hall–Kier alpha value is -1.73. The molecule has 4 nitrogen and oxygen atoms in total. The molecule has 27 heavy (non-hydrogen) atoms. The fourth-order valence-corrected chi connectivity index (χ4v) is 4.94. The van der Waals surface area contributed by atoms with Crippen molar-refractivity contribution >= 4 is 17.5 Å². The fraction of sp³-hybridized carbons (Fsp3) is 0.636. The number of hydrogen-bond donors (Lipinski definition) is 1. The maximum Gasteiger partial charge on any atom is 0.223 e. The summed E-state index contributed by atoms with van der Waals surface area (Å²) in [6, 6.07) is 7.22. The summed E-state index contributed by atoms with van der Waals surface area (Å²) < 4.78 is 6.26. The predicted molar refractivity (Wildman–Crippen MR) is 109 cm³/mol. The molecule has 0 aromatic heterocycles. The van der Waals surface area contributed by atoms with Gasteiger partial charge in [0.25, 0.3) is 0 Å². The first-order valence-corrected chi connectivity index (χ1v) is 10.1. The molecular formula is C22H31ClN2O2. The molecule has 1 saturated carbocycles. The number of rotatable bonds is 7. The Morgan fingerprint density at radius 1 is 1.30 bits per heavy atom. The van der Waals surface area contributed by atoms with E-state index in [0.29, 0.717) is 16.3 Å². The van der Waals surface area contributed by atoms with Gasteiger partial charge in [-0.05, 0) is 25.0 Å². The lowest BCUT2D eigenvalue weighted by Gasteiger charge is -2.63. The van der Waals surface area contributed by atoms with E-state index in [2.05, 4.69) is 52.9 Å². The largest absolute Gasteiger partial charge is 0.489 e. The highest BCUT2D eigenvalue weighted by atomic mass is 35.5. The van der Waals surface area contributed by atoms with Crippen molar-refractivity contribution in [3.05, 3.63) is 28.8 Å². The first kappa shape index (κ1) is 21.6. The van der Waals surface area contributed by atoms with Crippen LogP contribution in [-0.2, 0) is 4.79 Å². The van der Waals surface area contributed by atoms with Gasteiger partial charge in [-0.25, -0.2) is 0 Å². The zero-order valence-corrected chi connectivity index (χ0v) is 18.0. The van der Waals surface area contributed by atoms with E-state index < -0.39 is 0 Å². The number of hydrogen-bond acceptors (Lipinski definition) is 3. The van der Waals surface area contributed by atoms with Crippen molar-refractivity contribution in [2.24, 2.45) is 16.7 Å². The van der Waals surface area contributed by atoms with Crippen LogP contribution < -0.4 is 10.1 Å². The van der Waals surface area contributed by atoms with Crippen LogP contribution in [0.5, 0.6) is 5.75 Å². The van der Waals surface area contributed by atoms with Crippen LogP contribution in [0.25, 0.3) is 0 Å². The smallest absolute Gasteiger partial charge is 0.223 e. The molecule has 148 valence electrons. The number of nitrogens with zero attached hydrogens (tertiary/aromatic N) is 1. The van der Waals surface area contributed by atoms with Gasteiger partial charge < -0.3 is 10.1 Å². The summed E-state index contributed by atoms with van der Waals surface area (Å²) >= 11 is 6.13. The molecule has 1 aliphatic rings. The monoisotopic (exact) mass is 390 g/mol. The topological polar surface area (TPSA) is 62.1 Å². The normalized spacial score (nSPS) is 23.6. The van der Waals surface area contributed by atoms with E-state index in [9.17, 15) is 4.79 Å². The minimum absolute atomic E-state index is 0.0299. The van der Waals surface area contributed by atoms with Crippen LogP contribution >= 0.6 is 11.6 Å². The number of nitriles is 1. The molecule has 0 aliphatic heterocycles. The molecule has 2 rings (SSSR count). The van der Waals surface area contributed by atoms with Gasteiger partial charge >= 0.3 is 0 Å².